The van der Waals surface area contributed by atoms with Crippen LogP contribution in [0.2, 0.25) is 5.02 Å². The number of benzene rings is 1. The molecule has 0 aliphatic carbocycles. The van der Waals surface area contributed by atoms with Crippen LogP contribution in [0.3, 0.4) is 0 Å². The summed E-state index contributed by atoms with van der Waals surface area (Å²) in [7, 11) is 0. The van der Waals surface area contributed by atoms with E-state index < -0.39 is 5.91 Å². The van der Waals surface area contributed by atoms with Gasteiger partial charge in [0.05, 0.1) is 22.3 Å². The van der Waals surface area contributed by atoms with Gasteiger partial charge in [0.1, 0.15) is 0 Å². The predicted molar refractivity (Wildman–Crippen MR) is 74.0 cm³/mol. The Hall–Kier alpha value is -2.69. The fourth-order valence-electron chi connectivity index (χ4n) is 1.40. The third-order valence-electron chi connectivity index (χ3n) is 2.39. The summed E-state index contributed by atoms with van der Waals surface area (Å²) < 4.78 is 0. The van der Waals surface area contributed by atoms with Crippen molar-refractivity contribution in [2.45, 2.75) is 0 Å². The molecule has 0 saturated carbocycles. The lowest BCUT2D eigenvalue weighted by Crippen LogP contribution is -2.16. The number of hydrazine groups is 1. The van der Waals surface area contributed by atoms with Crippen LogP contribution < -0.4 is 16.6 Å². The number of carbonyl (C=O) groups is 1. The van der Waals surface area contributed by atoms with E-state index in [2.05, 4.69) is 20.9 Å². The van der Waals surface area contributed by atoms with E-state index in [0.717, 1.165) is 0 Å². The van der Waals surface area contributed by atoms with Crippen molar-refractivity contribution in [3.05, 3.63) is 46.6 Å². The molecule has 0 aliphatic heterocycles. The highest BCUT2D eigenvalue weighted by molar-refractivity contribution is 6.34. The van der Waals surface area contributed by atoms with E-state index in [0.29, 0.717) is 17.1 Å². The molecule has 0 radical (unpaired) electrons. The van der Waals surface area contributed by atoms with Crippen LogP contribution in [-0.4, -0.2) is 16.1 Å². The van der Waals surface area contributed by atoms with Gasteiger partial charge >= 0.3 is 0 Å². The molecule has 0 fully saturated rings. The van der Waals surface area contributed by atoms with Gasteiger partial charge in [-0.1, -0.05) is 11.6 Å². The van der Waals surface area contributed by atoms with Gasteiger partial charge in [0.25, 0.3) is 5.91 Å². The first kappa shape index (κ1) is 13.7. The zero-order valence-electron chi connectivity index (χ0n) is 10.1. The number of aromatic nitrogens is 2. The molecule has 0 saturated heterocycles. The Kier molecular flexibility index (Phi) is 4.10. The van der Waals surface area contributed by atoms with Gasteiger partial charge in [-0.15, -0.1) is 10.2 Å². The Balaban J connectivity index is 2.17. The Morgan fingerprint density at radius 2 is 2.10 bits per heavy atom. The highest BCUT2D eigenvalue weighted by Gasteiger charge is 2.11. The molecule has 7 nitrogen and oxygen atoms in total. The maximum atomic E-state index is 11.9. The topological polar surface area (TPSA) is 117 Å². The summed E-state index contributed by atoms with van der Waals surface area (Å²) in [6.45, 7) is 0. The number of rotatable bonds is 3. The van der Waals surface area contributed by atoms with Crippen LogP contribution in [0.4, 0.5) is 11.5 Å². The van der Waals surface area contributed by atoms with Gasteiger partial charge in [-0.25, -0.2) is 5.84 Å². The number of nitriles is 1. The van der Waals surface area contributed by atoms with E-state index in [1.54, 1.807) is 12.1 Å². The van der Waals surface area contributed by atoms with Gasteiger partial charge < -0.3 is 10.7 Å². The Labute approximate surface area is 119 Å². The maximum Gasteiger partial charge on any atom is 0.276 e. The van der Waals surface area contributed by atoms with Crippen LogP contribution in [0.25, 0.3) is 0 Å². The van der Waals surface area contributed by atoms with Gasteiger partial charge in [0, 0.05) is 0 Å². The molecule has 100 valence electrons. The van der Waals surface area contributed by atoms with Crippen molar-refractivity contribution in [2.75, 3.05) is 10.7 Å². The molecule has 0 spiro atoms. The maximum absolute atomic E-state index is 11.9. The molecule has 4 N–H and O–H groups in total. The summed E-state index contributed by atoms with van der Waals surface area (Å²) in [6, 6.07) is 9.49. The first-order valence-electron chi connectivity index (χ1n) is 5.45. The molecular weight excluding hydrogens is 280 g/mol. The van der Waals surface area contributed by atoms with E-state index in [1.807, 2.05) is 6.07 Å². The number of nitrogen functional groups attached to an aromatic ring is 1. The van der Waals surface area contributed by atoms with Crippen molar-refractivity contribution in [1.82, 2.24) is 10.2 Å². The first-order chi connectivity index (χ1) is 9.63. The summed E-state index contributed by atoms with van der Waals surface area (Å²) in [6.07, 6.45) is 0. The number of hydrogen-bond donors (Lipinski definition) is 3. The highest BCUT2D eigenvalue weighted by atomic mass is 35.5. The number of nitrogens with one attached hydrogen (secondary N) is 2. The van der Waals surface area contributed by atoms with Gasteiger partial charge in [-0.3, -0.25) is 4.79 Å². The van der Waals surface area contributed by atoms with Crippen molar-refractivity contribution < 1.29 is 4.79 Å². The smallest absolute Gasteiger partial charge is 0.276 e. The molecule has 0 atom stereocenters. The van der Waals surface area contributed by atoms with Crippen LogP contribution >= 0.6 is 11.6 Å². The van der Waals surface area contributed by atoms with Crippen molar-refractivity contribution in [1.29, 1.82) is 5.26 Å². The zero-order valence-corrected chi connectivity index (χ0v) is 10.8. The van der Waals surface area contributed by atoms with Crippen molar-refractivity contribution in [3.8, 4) is 6.07 Å². The van der Waals surface area contributed by atoms with E-state index in [-0.39, 0.29) is 10.7 Å². The van der Waals surface area contributed by atoms with Gasteiger partial charge in [0.15, 0.2) is 11.5 Å². The summed E-state index contributed by atoms with van der Waals surface area (Å²) in [4.78, 5) is 11.9. The lowest BCUT2D eigenvalue weighted by atomic mass is 10.2. The second-order valence-corrected chi connectivity index (χ2v) is 4.12. The van der Waals surface area contributed by atoms with Crippen LogP contribution in [0, 0.1) is 11.3 Å². The quantitative estimate of drug-likeness (QED) is 0.582. The molecular formula is C12H9ClN6O. The summed E-state index contributed by atoms with van der Waals surface area (Å²) in [5.74, 6) is 5.03. The van der Waals surface area contributed by atoms with Gasteiger partial charge in [0.2, 0.25) is 0 Å². The lowest BCUT2D eigenvalue weighted by Gasteiger charge is -2.06. The Morgan fingerprint density at radius 1 is 1.30 bits per heavy atom. The number of anilines is 2. The molecule has 1 amide bonds. The average Bonchev–Trinajstić information content (AvgIpc) is 2.49. The van der Waals surface area contributed by atoms with Crippen molar-refractivity contribution in [3.63, 3.8) is 0 Å². The SMILES string of the molecule is N#Cc1ccc(NC(=O)c2ccc(NN)nn2)c(Cl)c1. The summed E-state index contributed by atoms with van der Waals surface area (Å²) in [5, 5.41) is 19.0. The van der Waals surface area contributed by atoms with Crippen LogP contribution in [0.15, 0.2) is 30.3 Å². The molecule has 1 heterocycles. The number of hydrogen-bond acceptors (Lipinski definition) is 6. The molecule has 2 rings (SSSR count). The fraction of sp³-hybridized carbons (Fsp3) is 0. The van der Waals surface area contributed by atoms with Crippen LogP contribution in [0.5, 0.6) is 0 Å². The fourth-order valence-corrected chi connectivity index (χ4v) is 1.63. The number of nitrogens with two attached hydrogens (primary N) is 1. The number of amides is 1. The minimum absolute atomic E-state index is 0.115. The molecule has 1 aromatic heterocycles. The average molecular weight is 289 g/mol. The normalized spacial score (nSPS) is 9.65. The second kappa shape index (κ2) is 5.97. The summed E-state index contributed by atoms with van der Waals surface area (Å²) in [5.41, 5.74) is 3.22. The standard InChI is InChI=1S/C12H9ClN6O/c13-8-5-7(6-14)1-2-9(8)16-12(20)10-3-4-11(17-15)19-18-10/h1-5H,15H2,(H,16,20)(H,17,19). The zero-order chi connectivity index (χ0) is 14.5. The Bertz CT molecular complexity index is 679. The number of halogens is 1. The van der Waals surface area contributed by atoms with Gasteiger partial charge in [-0.2, -0.15) is 5.26 Å². The summed E-state index contributed by atoms with van der Waals surface area (Å²) >= 11 is 5.96. The lowest BCUT2D eigenvalue weighted by molar-refractivity contribution is 0.102. The van der Waals surface area contributed by atoms with E-state index in [1.165, 1.54) is 18.2 Å². The number of nitrogens with zero attached hydrogens (tertiary/aromatic N) is 3. The minimum Gasteiger partial charge on any atom is -0.319 e. The third-order valence-corrected chi connectivity index (χ3v) is 2.70. The van der Waals surface area contributed by atoms with Crippen LogP contribution in [-0.2, 0) is 0 Å². The molecule has 20 heavy (non-hydrogen) atoms. The number of carbonyl (C=O) groups excluding carboxylic acids is 1. The minimum atomic E-state index is -0.465. The second-order valence-electron chi connectivity index (χ2n) is 3.71. The van der Waals surface area contributed by atoms with Gasteiger partial charge in [-0.05, 0) is 30.3 Å². The highest BCUT2D eigenvalue weighted by Crippen LogP contribution is 2.23. The van der Waals surface area contributed by atoms with Crippen LogP contribution in [0.1, 0.15) is 16.1 Å². The molecule has 2 aromatic rings. The van der Waals surface area contributed by atoms with Crippen molar-refractivity contribution >= 4 is 29.0 Å². The first-order valence-corrected chi connectivity index (χ1v) is 5.83. The Morgan fingerprint density at radius 3 is 2.65 bits per heavy atom. The molecule has 0 aliphatic rings. The monoisotopic (exact) mass is 288 g/mol. The molecule has 0 bridgehead atoms. The molecule has 8 heteroatoms. The molecule has 1 aromatic carbocycles. The van der Waals surface area contributed by atoms with E-state index >= 15 is 0 Å². The van der Waals surface area contributed by atoms with Crippen molar-refractivity contribution in [2.24, 2.45) is 5.84 Å². The largest absolute Gasteiger partial charge is 0.319 e. The predicted octanol–water partition coefficient (Wildman–Crippen LogP) is 1.54. The third kappa shape index (κ3) is 3.00. The van der Waals surface area contributed by atoms with E-state index in [9.17, 15) is 4.79 Å². The molecule has 0 unspecified atom stereocenters. The van der Waals surface area contributed by atoms with E-state index in [4.69, 9.17) is 22.7 Å².